The number of nitrogens with zero attached hydrogens (tertiary/aromatic N) is 1. The highest BCUT2D eigenvalue weighted by molar-refractivity contribution is 8.00. The van der Waals surface area contributed by atoms with Crippen LogP contribution in [-0.4, -0.2) is 40.4 Å². The second-order valence-corrected chi connectivity index (χ2v) is 8.09. The van der Waals surface area contributed by atoms with Crippen molar-refractivity contribution in [3.63, 3.8) is 0 Å². The van der Waals surface area contributed by atoms with Crippen molar-refractivity contribution in [1.82, 2.24) is 4.90 Å². The van der Waals surface area contributed by atoms with Crippen LogP contribution >= 0.6 is 11.8 Å². The lowest BCUT2D eigenvalue weighted by Crippen LogP contribution is -2.56. The van der Waals surface area contributed by atoms with E-state index in [1.807, 2.05) is 11.8 Å². The third-order valence-electron chi connectivity index (χ3n) is 4.70. The van der Waals surface area contributed by atoms with Crippen LogP contribution < -0.4 is 5.73 Å². The lowest BCUT2D eigenvalue weighted by molar-refractivity contribution is -0.138. The summed E-state index contributed by atoms with van der Waals surface area (Å²) in [6.45, 7) is 8.37. The molecule has 0 radical (unpaired) electrons. The maximum absolute atomic E-state index is 12.8. The van der Waals surface area contributed by atoms with Gasteiger partial charge < -0.3 is 10.6 Å². The first-order valence-corrected chi connectivity index (χ1v) is 8.66. The summed E-state index contributed by atoms with van der Waals surface area (Å²) in [7, 11) is 0. The van der Waals surface area contributed by atoms with Crippen molar-refractivity contribution >= 4 is 17.7 Å². The number of thioether (sulfide) groups is 1. The van der Waals surface area contributed by atoms with E-state index in [1.54, 1.807) is 0 Å². The van der Waals surface area contributed by atoms with Crippen LogP contribution in [0.25, 0.3) is 0 Å². The van der Waals surface area contributed by atoms with Gasteiger partial charge in [-0.1, -0.05) is 26.7 Å². The normalized spacial score (nSPS) is 36.6. The minimum Gasteiger partial charge on any atom is -0.340 e. The van der Waals surface area contributed by atoms with E-state index in [0.29, 0.717) is 17.1 Å². The molecule has 3 atom stereocenters. The summed E-state index contributed by atoms with van der Waals surface area (Å²) < 4.78 is 0. The van der Waals surface area contributed by atoms with Gasteiger partial charge in [-0.3, -0.25) is 4.79 Å². The second-order valence-electron chi connectivity index (χ2n) is 6.74. The fourth-order valence-electron chi connectivity index (χ4n) is 3.26. The molecule has 110 valence electrons. The van der Waals surface area contributed by atoms with Gasteiger partial charge in [0, 0.05) is 29.6 Å². The molecule has 0 spiro atoms. The number of carbonyl (C=O) groups is 1. The lowest BCUT2D eigenvalue weighted by atomic mass is 9.74. The number of hydrogen-bond donors (Lipinski definition) is 1. The minimum absolute atomic E-state index is 0.0390. The third kappa shape index (κ3) is 3.46. The summed E-state index contributed by atoms with van der Waals surface area (Å²) in [6.07, 6.45) is 4.28. The fraction of sp³-hybridized carbons (Fsp3) is 0.933. The van der Waals surface area contributed by atoms with E-state index in [2.05, 4.69) is 25.7 Å². The molecule has 1 aliphatic heterocycles. The molecule has 0 aromatic rings. The highest BCUT2D eigenvalue weighted by Crippen LogP contribution is 2.34. The quantitative estimate of drug-likeness (QED) is 0.847. The van der Waals surface area contributed by atoms with Gasteiger partial charge in [-0.2, -0.15) is 11.8 Å². The van der Waals surface area contributed by atoms with E-state index >= 15 is 0 Å². The first kappa shape index (κ1) is 15.2. The van der Waals surface area contributed by atoms with Crippen LogP contribution in [0, 0.1) is 11.8 Å². The predicted molar refractivity (Wildman–Crippen MR) is 82.2 cm³/mol. The van der Waals surface area contributed by atoms with Gasteiger partial charge in [0.25, 0.3) is 0 Å². The molecule has 4 heteroatoms. The zero-order valence-corrected chi connectivity index (χ0v) is 13.3. The molecule has 2 rings (SSSR count). The fourth-order valence-corrected chi connectivity index (χ4v) is 4.56. The van der Waals surface area contributed by atoms with Crippen molar-refractivity contribution in [2.45, 2.75) is 57.2 Å². The zero-order valence-electron chi connectivity index (χ0n) is 12.5. The molecule has 2 fully saturated rings. The largest absolute Gasteiger partial charge is 0.340 e. The van der Waals surface area contributed by atoms with Crippen molar-refractivity contribution in [3.8, 4) is 0 Å². The lowest BCUT2D eigenvalue weighted by Gasteiger charge is -2.42. The summed E-state index contributed by atoms with van der Waals surface area (Å²) in [5, 5.41) is 0.588. The van der Waals surface area contributed by atoms with E-state index in [4.69, 9.17) is 5.73 Å². The Morgan fingerprint density at radius 2 is 2.16 bits per heavy atom. The number of hydrogen-bond acceptors (Lipinski definition) is 3. The third-order valence-corrected chi connectivity index (χ3v) is 6.24. The van der Waals surface area contributed by atoms with Gasteiger partial charge in [-0.15, -0.1) is 0 Å². The molecule has 2 aliphatic rings. The maximum atomic E-state index is 12.8. The SMILES string of the molecule is CC(C)C1CN(C(=O)C2CCCCC2(C)N)CCS1. The van der Waals surface area contributed by atoms with Crippen molar-refractivity contribution in [2.75, 3.05) is 18.8 Å². The second kappa shape index (κ2) is 6.04. The van der Waals surface area contributed by atoms with E-state index in [0.717, 1.165) is 38.1 Å². The molecule has 1 heterocycles. The first-order chi connectivity index (χ1) is 8.92. The first-order valence-electron chi connectivity index (χ1n) is 7.61. The van der Waals surface area contributed by atoms with Gasteiger partial charge in [0.05, 0.1) is 5.92 Å². The molecule has 1 amide bonds. The predicted octanol–water partition coefficient (Wildman–Crippen LogP) is 2.49. The summed E-state index contributed by atoms with van der Waals surface area (Å²) in [5.41, 5.74) is 6.07. The monoisotopic (exact) mass is 284 g/mol. The smallest absolute Gasteiger partial charge is 0.227 e. The highest BCUT2D eigenvalue weighted by atomic mass is 32.2. The molecule has 2 N–H and O–H groups in total. The van der Waals surface area contributed by atoms with E-state index in [9.17, 15) is 4.79 Å². The summed E-state index contributed by atoms with van der Waals surface area (Å²) in [5.74, 6) is 2.06. The maximum Gasteiger partial charge on any atom is 0.227 e. The molecule has 0 bridgehead atoms. The van der Waals surface area contributed by atoms with Crippen LogP contribution in [0.4, 0.5) is 0 Å². The van der Waals surface area contributed by atoms with Crippen LogP contribution in [0.15, 0.2) is 0 Å². The Morgan fingerprint density at radius 1 is 1.42 bits per heavy atom. The molecular weight excluding hydrogens is 256 g/mol. The Hall–Kier alpha value is -0.220. The molecule has 0 aromatic carbocycles. The van der Waals surface area contributed by atoms with Crippen LogP contribution in [0.5, 0.6) is 0 Å². The van der Waals surface area contributed by atoms with Crippen LogP contribution in [0.3, 0.4) is 0 Å². The molecular formula is C15H28N2OS. The van der Waals surface area contributed by atoms with Crippen LogP contribution in [0.2, 0.25) is 0 Å². The van der Waals surface area contributed by atoms with E-state index in [-0.39, 0.29) is 11.5 Å². The highest BCUT2D eigenvalue weighted by Gasteiger charge is 2.40. The van der Waals surface area contributed by atoms with Crippen molar-refractivity contribution < 1.29 is 4.79 Å². The molecule has 3 unspecified atom stereocenters. The molecule has 1 saturated carbocycles. The average Bonchev–Trinajstić information content (AvgIpc) is 2.37. The van der Waals surface area contributed by atoms with Gasteiger partial charge in [0.15, 0.2) is 0 Å². The zero-order chi connectivity index (χ0) is 14.0. The molecule has 1 saturated heterocycles. The van der Waals surface area contributed by atoms with Crippen molar-refractivity contribution in [3.05, 3.63) is 0 Å². The minimum atomic E-state index is -0.298. The van der Waals surface area contributed by atoms with Gasteiger partial charge in [-0.05, 0) is 25.7 Å². The number of carbonyl (C=O) groups excluding carboxylic acids is 1. The Kier molecular flexibility index (Phi) is 4.83. The van der Waals surface area contributed by atoms with Crippen LogP contribution in [-0.2, 0) is 4.79 Å². The molecule has 1 aliphatic carbocycles. The summed E-state index contributed by atoms with van der Waals surface area (Å²) in [6, 6.07) is 0. The number of amides is 1. The number of nitrogens with two attached hydrogens (primary N) is 1. The molecule has 19 heavy (non-hydrogen) atoms. The molecule has 0 aromatic heterocycles. The Balaban J connectivity index is 2.02. The standard InChI is InChI=1S/C15H28N2OS/c1-11(2)13-10-17(8-9-19-13)14(18)12-6-4-5-7-15(12,3)16/h11-13H,4-10,16H2,1-3H3. The summed E-state index contributed by atoms with van der Waals surface area (Å²) >= 11 is 2.01. The van der Waals surface area contributed by atoms with Gasteiger partial charge >= 0.3 is 0 Å². The van der Waals surface area contributed by atoms with Gasteiger partial charge in [0.1, 0.15) is 0 Å². The topological polar surface area (TPSA) is 46.3 Å². The molecule has 3 nitrogen and oxygen atoms in total. The van der Waals surface area contributed by atoms with E-state index in [1.165, 1.54) is 6.42 Å². The number of rotatable bonds is 2. The van der Waals surface area contributed by atoms with Crippen molar-refractivity contribution in [2.24, 2.45) is 17.6 Å². The Morgan fingerprint density at radius 3 is 2.79 bits per heavy atom. The average molecular weight is 284 g/mol. The summed E-state index contributed by atoms with van der Waals surface area (Å²) in [4.78, 5) is 14.9. The van der Waals surface area contributed by atoms with Crippen molar-refractivity contribution in [1.29, 1.82) is 0 Å². The van der Waals surface area contributed by atoms with Gasteiger partial charge in [0.2, 0.25) is 5.91 Å². The van der Waals surface area contributed by atoms with Crippen LogP contribution in [0.1, 0.15) is 46.5 Å². The van der Waals surface area contributed by atoms with E-state index < -0.39 is 0 Å². The van der Waals surface area contributed by atoms with Gasteiger partial charge in [-0.25, -0.2) is 0 Å². The Labute approximate surface area is 121 Å². The Bertz CT molecular complexity index is 330.